The van der Waals surface area contributed by atoms with Gasteiger partial charge in [-0.2, -0.15) is 0 Å². The first-order valence-corrected chi connectivity index (χ1v) is 6.85. The molecule has 0 aromatic heterocycles. The third-order valence-corrected chi connectivity index (χ3v) is 3.34. The maximum Gasteiger partial charge on any atom is 0.145 e. The van der Waals surface area contributed by atoms with E-state index >= 15 is 0 Å². The number of rotatable bonds is 5. The lowest BCUT2D eigenvalue weighted by Gasteiger charge is -2.15. The zero-order chi connectivity index (χ0) is 15.4. The minimum atomic E-state index is 0.352. The third kappa shape index (κ3) is 3.44. The summed E-state index contributed by atoms with van der Waals surface area (Å²) in [6.07, 6.45) is 0. The van der Waals surface area contributed by atoms with Gasteiger partial charge in [-0.25, -0.2) is 0 Å². The van der Waals surface area contributed by atoms with Crippen LogP contribution in [-0.4, -0.2) is 19.2 Å². The van der Waals surface area contributed by atoms with Gasteiger partial charge in [0.2, 0.25) is 0 Å². The number of nitrogens with one attached hydrogen (secondary N) is 1. The monoisotopic (exact) mass is 302 g/mol. The molecule has 5 heteroatoms. The Morgan fingerprint density at radius 1 is 1.05 bits per heavy atom. The van der Waals surface area contributed by atoms with Crippen LogP contribution in [0.3, 0.4) is 0 Å². The first kappa shape index (κ1) is 15.1. The minimum absolute atomic E-state index is 0.352. The lowest BCUT2D eigenvalue weighted by Crippen LogP contribution is -2.12. The van der Waals surface area contributed by atoms with Crippen LogP contribution in [0, 0.1) is 6.92 Å². The summed E-state index contributed by atoms with van der Waals surface area (Å²) in [5.74, 6) is 1.42. The summed E-state index contributed by atoms with van der Waals surface area (Å²) in [7, 11) is 3.23. The summed E-state index contributed by atoms with van der Waals surface area (Å²) in [6, 6.07) is 11.5. The van der Waals surface area contributed by atoms with E-state index in [4.69, 9.17) is 27.4 Å². The molecule has 0 spiro atoms. The molecule has 0 radical (unpaired) electrons. The summed E-state index contributed by atoms with van der Waals surface area (Å²) in [5, 5.41) is 3.32. The number of hydrogen-bond acceptors (Lipinski definition) is 4. The molecule has 21 heavy (non-hydrogen) atoms. The Morgan fingerprint density at radius 3 is 2.43 bits per heavy atom. The molecule has 0 unspecified atom stereocenters. The Bertz CT molecular complexity index is 671. The normalized spacial score (nSPS) is 10.0. The van der Waals surface area contributed by atoms with Crippen molar-refractivity contribution in [3.63, 3.8) is 0 Å². The van der Waals surface area contributed by atoms with Crippen molar-refractivity contribution >= 4 is 28.6 Å². The van der Waals surface area contributed by atoms with Crippen molar-refractivity contribution in [2.45, 2.75) is 6.92 Å². The predicted molar refractivity (Wildman–Crippen MR) is 89.9 cm³/mol. The van der Waals surface area contributed by atoms with Crippen LogP contribution in [0.4, 0.5) is 11.4 Å². The highest BCUT2D eigenvalue weighted by atomic mass is 32.1. The molecule has 2 rings (SSSR count). The standard InChI is InChI=1S/C16H18N2O2S/c1-10-4-6-12(16(17)21)14(8-10)18-13-7-5-11(19-2)9-15(13)20-3/h4-9,18H,1-3H3,(H2,17,21). The van der Waals surface area contributed by atoms with Crippen LogP contribution in [0.2, 0.25) is 0 Å². The quantitative estimate of drug-likeness (QED) is 0.829. The number of aryl methyl sites for hydroxylation is 1. The Kier molecular flexibility index (Phi) is 4.65. The molecule has 0 aliphatic rings. The number of nitrogens with two attached hydrogens (primary N) is 1. The number of methoxy groups -OCH3 is 2. The van der Waals surface area contributed by atoms with E-state index in [0.717, 1.165) is 28.3 Å². The Hall–Kier alpha value is -2.27. The Balaban J connectivity index is 2.42. The molecule has 4 nitrogen and oxygen atoms in total. The fourth-order valence-corrected chi connectivity index (χ4v) is 2.20. The Labute approximate surface area is 129 Å². The molecular formula is C16H18N2O2S. The van der Waals surface area contributed by atoms with E-state index in [2.05, 4.69) is 5.32 Å². The molecule has 2 aromatic rings. The minimum Gasteiger partial charge on any atom is -0.497 e. The second kappa shape index (κ2) is 6.45. The zero-order valence-electron chi connectivity index (χ0n) is 12.3. The average molecular weight is 302 g/mol. The fraction of sp³-hybridized carbons (Fsp3) is 0.188. The van der Waals surface area contributed by atoms with Gasteiger partial charge < -0.3 is 20.5 Å². The van der Waals surface area contributed by atoms with E-state index in [1.165, 1.54) is 0 Å². The largest absolute Gasteiger partial charge is 0.497 e. The molecule has 0 saturated heterocycles. The molecule has 0 aliphatic carbocycles. The average Bonchev–Trinajstić information content (AvgIpc) is 2.47. The number of thiocarbonyl (C=S) groups is 1. The highest BCUT2D eigenvalue weighted by Crippen LogP contribution is 2.32. The molecule has 110 valence electrons. The number of anilines is 2. The summed E-state index contributed by atoms with van der Waals surface area (Å²) in [6.45, 7) is 2.01. The van der Waals surface area contributed by atoms with Gasteiger partial charge in [-0.3, -0.25) is 0 Å². The molecule has 0 fully saturated rings. The maximum atomic E-state index is 5.77. The van der Waals surface area contributed by atoms with Crippen LogP contribution in [0.25, 0.3) is 0 Å². The summed E-state index contributed by atoms with van der Waals surface area (Å²) < 4.78 is 10.6. The highest BCUT2D eigenvalue weighted by molar-refractivity contribution is 7.80. The molecule has 0 heterocycles. The van der Waals surface area contributed by atoms with Crippen LogP contribution in [-0.2, 0) is 0 Å². The smallest absolute Gasteiger partial charge is 0.145 e. The topological polar surface area (TPSA) is 56.5 Å². The predicted octanol–water partition coefficient (Wildman–Crippen LogP) is 3.39. The molecule has 2 aromatic carbocycles. The van der Waals surface area contributed by atoms with E-state index < -0.39 is 0 Å². The van der Waals surface area contributed by atoms with Crippen molar-refractivity contribution in [2.24, 2.45) is 5.73 Å². The van der Waals surface area contributed by atoms with Gasteiger partial charge in [-0.05, 0) is 36.8 Å². The number of benzene rings is 2. The molecule has 0 atom stereocenters. The number of ether oxygens (including phenoxy) is 2. The van der Waals surface area contributed by atoms with Gasteiger partial charge in [0.1, 0.15) is 16.5 Å². The molecule has 3 N–H and O–H groups in total. The van der Waals surface area contributed by atoms with Crippen LogP contribution in [0.1, 0.15) is 11.1 Å². The van der Waals surface area contributed by atoms with Crippen LogP contribution in [0.5, 0.6) is 11.5 Å². The van der Waals surface area contributed by atoms with Crippen molar-refractivity contribution in [2.75, 3.05) is 19.5 Å². The van der Waals surface area contributed by atoms with E-state index in [1.54, 1.807) is 14.2 Å². The zero-order valence-corrected chi connectivity index (χ0v) is 13.1. The summed E-state index contributed by atoms with van der Waals surface area (Å²) in [5.41, 5.74) is 9.36. The lowest BCUT2D eigenvalue weighted by atomic mass is 10.1. The molecule has 0 amide bonds. The van der Waals surface area contributed by atoms with Gasteiger partial charge >= 0.3 is 0 Å². The van der Waals surface area contributed by atoms with Gasteiger partial charge in [0.15, 0.2) is 0 Å². The molecular weight excluding hydrogens is 284 g/mol. The van der Waals surface area contributed by atoms with Crippen molar-refractivity contribution in [3.8, 4) is 11.5 Å². The van der Waals surface area contributed by atoms with Gasteiger partial charge in [0.25, 0.3) is 0 Å². The van der Waals surface area contributed by atoms with Crippen LogP contribution in [0.15, 0.2) is 36.4 Å². The highest BCUT2D eigenvalue weighted by Gasteiger charge is 2.10. The number of hydrogen-bond donors (Lipinski definition) is 2. The molecule has 0 aliphatic heterocycles. The van der Waals surface area contributed by atoms with Gasteiger partial charge in [0.05, 0.1) is 19.9 Å². The van der Waals surface area contributed by atoms with E-state index in [9.17, 15) is 0 Å². The molecule has 0 saturated carbocycles. The summed E-state index contributed by atoms with van der Waals surface area (Å²) >= 11 is 5.10. The van der Waals surface area contributed by atoms with Gasteiger partial charge in [-0.1, -0.05) is 18.3 Å². The van der Waals surface area contributed by atoms with Gasteiger partial charge in [0, 0.05) is 17.3 Å². The first-order chi connectivity index (χ1) is 10.0. The Morgan fingerprint density at radius 2 is 1.81 bits per heavy atom. The van der Waals surface area contributed by atoms with Gasteiger partial charge in [-0.15, -0.1) is 0 Å². The van der Waals surface area contributed by atoms with Crippen molar-refractivity contribution < 1.29 is 9.47 Å². The summed E-state index contributed by atoms with van der Waals surface area (Å²) in [4.78, 5) is 0.352. The maximum absolute atomic E-state index is 5.77. The third-order valence-electron chi connectivity index (χ3n) is 3.12. The second-order valence-electron chi connectivity index (χ2n) is 4.60. The van der Waals surface area contributed by atoms with E-state index in [-0.39, 0.29) is 0 Å². The van der Waals surface area contributed by atoms with E-state index in [1.807, 2.05) is 43.3 Å². The molecule has 0 bridgehead atoms. The lowest BCUT2D eigenvalue weighted by molar-refractivity contribution is 0.395. The van der Waals surface area contributed by atoms with E-state index in [0.29, 0.717) is 10.7 Å². The SMILES string of the molecule is COc1ccc(Nc2cc(C)ccc2C(N)=S)c(OC)c1. The first-order valence-electron chi connectivity index (χ1n) is 6.44. The van der Waals surface area contributed by atoms with Crippen LogP contribution < -0.4 is 20.5 Å². The van der Waals surface area contributed by atoms with Crippen molar-refractivity contribution in [3.05, 3.63) is 47.5 Å². The fourth-order valence-electron chi connectivity index (χ4n) is 2.02. The second-order valence-corrected chi connectivity index (χ2v) is 5.04. The van der Waals surface area contributed by atoms with Crippen molar-refractivity contribution in [1.82, 2.24) is 0 Å². The van der Waals surface area contributed by atoms with Crippen molar-refractivity contribution in [1.29, 1.82) is 0 Å². The van der Waals surface area contributed by atoms with Crippen LogP contribution >= 0.6 is 12.2 Å².